The van der Waals surface area contributed by atoms with Crippen LogP contribution in [-0.4, -0.2) is 0 Å². The third-order valence-electron chi connectivity index (χ3n) is 10.8. The molecule has 2 aliphatic carbocycles. The van der Waals surface area contributed by atoms with Crippen LogP contribution in [0.25, 0.3) is 22.3 Å². The minimum absolute atomic E-state index is 0.400. The van der Waals surface area contributed by atoms with Gasteiger partial charge >= 0.3 is 0 Å². The van der Waals surface area contributed by atoms with Crippen LogP contribution in [-0.2, 0) is 5.41 Å². The fourth-order valence-corrected chi connectivity index (χ4v) is 8.68. The zero-order chi connectivity index (χ0) is 33.8. The molecule has 1 aliphatic heterocycles. The number of fused-ring (bicyclic) bond motifs is 9. The molecule has 1 spiro atoms. The van der Waals surface area contributed by atoms with E-state index in [-0.39, 0.29) is 0 Å². The highest BCUT2D eigenvalue weighted by molar-refractivity contribution is 5.95. The van der Waals surface area contributed by atoms with Crippen LogP contribution < -0.4 is 9.80 Å². The molecule has 1 atom stereocenters. The van der Waals surface area contributed by atoms with Crippen molar-refractivity contribution in [2.45, 2.75) is 18.3 Å². The van der Waals surface area contributed by atoms with Gasteiger partial charge in [-0.05, 0) is 118 Å². The summed E-state index contributed by atoms with van der Waals surface area (Å²) in [5, 5.41) is 0. The van der Waals surface area contributed by atoms with Gasteiger partial charge in [0, 0.05) is 28.8 Å². The first kappa shape index (κ1) is 29.4. The van der Waals surface area contributed by atoms with Gasteiger partial charge in [-0.2, -0.15) is 0 Å². The van der Waals surface area contributed by atoms with Crippen molar-refractivity contribution in [3.8, 4) is 22.3 Å². The molecule has 0 aromatic heterocycles. The van der Waals surface area contributed by atoms with Crippen LogP contribution in [0.4, 0.5) is 28.4 Å². The predicted molar refractivity (Wildman–Crippen MR) is 210 cm³/mol. The van der Waals surface area contributed by atoms with Crippen molar-refractivity contribution in [2.75, 3.05) is 9.80 Å². The molecule has 0 saturated carbocycles. The molecule has 0 bridgehead atoms. The van der Waals surface area contributed by atoms with Gasteiger partial charge in [0.25, 0.3) is 0 Å². The maximum atomic E-state index is 3.13. The van der Waals surface area contributed by atoms with Gasteiger partial charge in [0.05, 0.1) is 16.8 Å². The smallest absolute Gasteiger partial charge is 0.0751 e. The van der Waals surface area contributed by atoms with Crippen LogP contribution in [0, 0.1) is 12.1 Å². The summed E-state index contributed by atoms with van der Waals surface area (Å²) < 4.78 is 0. The summed E-state index contributed by atoms with van der Waals surface area (Å²) in [5.41, 5.74) is 17.1. The lowest BCUT2D eigenvalue weighted by Gasteiger charge is -2.48. The van der Waals surface area contributed by atoms with E-state index in [9.17, 15) is 0 Å². The highest BCUT2D eigenvalue weighted by Crippen LogP contribution is 2.64. The summed E-state index contributed by atoms with van der Waals surface area (Å²) in [6.45, 7) is 0. The molecule has 3 aliphatic rings. The van der Waals surface area contributed by atoms with Gasteiger partial charge in [0.1, 0.15) is 0 Å². The van der Waals surface area contributed by atoms with E-state index in [2.05, 4.69) is 192 Å². The Balaban J connectivity index is 1.12. The quantitative estimate of drug-likeness (QED) is 0.183. The van der Waals surface area contributed by atoms with E-state index in [0.29, 0.717) is 0 Å². The Morgan fingerprint density at radius 2 is 1.18 bits per heavy atom. The topological polar surface area (TPSA) is 6.48 Å². The van der Waals surface area contributed by atoms with Crippen molar-refractivity contribution < 1.29 is 0 Å². The van der Waals surface area contributed by atoms with Gasteiger partial charge in [0.15, 0.2) is 0 Å². The van der Waals surface area contributed by atoms with Gasteiger partial charge in [-0.1, -0.05) is 127 Å². The third kappa shape index (κ3) is 4.45. The van der Waals surface area contributed by atoms with Gasteiger partial charge in [-0.3, -0.25) is 0 Å². The average molecular weight is 651 g/mol. The fraction of sp³-hybridized carbons (Fsp3) is 0.0612. The van der Waals surface area contributed by atoms with Crippen molar-refractivity contribution >= 4 is 28.4 Å². The van der Waals surface area contributed by atoms with Crippen molar-refractivity contribution in [1.82, 2.24) is 0 Å². The van der Waals surface area contributed by atoms with Crippen LogP contribution in [0.3, 0.4) is 0 Å². The zero-order valence-electron chi connectivity index (χ0n) is 28.1. The van der Waals surface area contributed by atoms with Crippen molar-refractivity contribution in [2.24, 2.45) is 0 Å². The molecule has 51 heavy (non-hydrogen) atoms. The molecular formula is C49H34N2. The summed E-state index contributed by atoms with van der Waals surface area (Å²) in [6.07, 6.45) is 7.04. The Labute approximate surface area is 299 Å². The zero-order valence-corrected chi connectivity index (χ0v) is 28.1. The predicted octanol–water partition coefficient (Wildman–Crippen LogP) is 12.5. The summed E-state index contributed by atoms with van der Waals surface area (Å²) in [7, 11) is 0. The molecule has 240 valence electrons. The number of hydrogen-bond donors (Lipinski definition) is 0. The molecule has 2 nitrogen and oxygen atoms in total. The molecule has 0 saturated heterocycles. The maximum Gasteiger partial charge on any atom is 0.0751 e. The monoisotopic (exact) mass is 650 g/mol. The molecule has 0 radical (unpaired) electrons. The Morgan fingerprint density at radius 3 is 1.98 bits per heavy atom. The summed E-state index contributed by atoms with van der Waals surface area (Å²) in [6, 6.07) is 67.7. The van der Waals surface area contributed by atoms with Crippen molar-refractivity contribution in [1.29, 1.82) is 0 Å². The van der Waals surface area contributed by atoms with Gasteiger partial charge in [-0.15, -0.1) is 0 Å². The third-order valence-corrected chi connectivity index (χ3v) is 10.8. The molecule has 1 heterocycles. The summed E-state index contributed by atoms with van der Waals surface area (Å²) in [4.78, 5) is 4.74. The van der Waals surface area contributed by atoms with Crippen LogP contribution in [0.5, 0.6) is 0 Å². The minimum Gasteiger partial charge on any atom is -0.310 e. The second-order valence-electron chi connectivity index (χ2n) is 13.4. The molecular weight excluding hydrogens is 617 g/mol. The maximum absolute atomic E-state index is 3.13. The standard InChI is InChI=1S/C49H34N2/c1-4-16-37(17-5-1)50(38-18-6-2-7-19-38)40-31-28-35(29-32-40)36-30-33-44-42(34-36)41-22-10-11-23-43(41)49(44)45-24-12-14-26-47(45)51(39-20-8-3-9-21-39)48-27-15-13-25-46(48)49/h1,3-6,8-12,14,16-34H,13,15H2. The van der Waals surface area contributed by atoms with E-state index in [1.807, 2.05) is 12.1 Å². The SMILES string of the molecule is c1ccc(N(c2ccccc2)c2ccc(-c3ccc4c(c3)-c3ccccc3C43C4=CCCC=C4N(c4ccccc4)c4ccccc43)cc2)cc#1. The lowest BCUT2D eigenvalue weighted by molar-refractivity contribution is 0.707. The fourth-order valence-electron chi connectivity index (χ4n) is 8.68. The van der Waals surface area contributed by atoms with Gasteiger partial charge in [0.2, 0.25) is 0 Å². The first-order valence-corrected chi connectivity index (χ1v) is 17.8. The molecule has 10 rings (SSSR count). The second kappa shape index (κ2) is 11.8. The lowest BCUT2D eigenvalue weighted by Crippen LogP contribution is -2.40. The summed E-state index contributed by atoms with van der Waals surface area (Å²) in [5.74, 6) is 0. The Kier molecular flexibility index (Phi) is 6.79. The van der Waals surface area contributed by atoms with E-state index in [0.717, 1.165) is 29.9 Å². The Bertz CT molecular complexity index is 2420. The highest BCUT2D eigenvalue weighted by Gasteiger charge is 2.53. The Hall–Kier alpha value is -6.56. The minimum atomic E-state index is -0.400. The molecule has 0 amide bonds. The molecule has 7 aromatic carbocycles. The Morgan fingerprint density at radius 1 is 0.510 bits per heavy atom. The number of rotatable bonds is 5. The summed E-state index contributed by atoms with van der Waals surface area (Å²) >= 11 is 0. The molecule has 2 heteroatoms. The lowest BCUT2D eigenvalue weighted by atomic mass is 9.62. The van der Waals surface area contributed by atoms with Crippen LogP contribution >= 0.6 is 0 Å². The molecule has 0 N–H and O–H groups in total. The van der Waals surface area contributed by atoms with Crippen molar-refractivity contribution in [3.05, 3.63) is 222 Å². The van der Waals surface area contributed by atoms with Crippen LogP contribution in [0.15, 0.2) is 193 Å². The number of nitrogens with zero attached hydrogens (tertiary/aromatic N) is 2. The van der Waals surface area contributed by atoms with E-state index in [1.54, 1.807) is 0 Å². The van der Waals surface area contributed by atoms with E-state index < -0.39 is 5.41 Å². The van der Waals surface area contributed by atoms with E-state index >= 15 is 0 Å². The number of anilines is 5. The highest BCUT2D eigenvalue weighted by atomic mass is 15.2. The number of allylic oxidation sites excluding steroid dienone is 3. The van der Waals surface area contributed by atoms with Gasteiger partial charge in [-0.25, -0.2) is 0 Å². The van der Waals surface area contributed by atoms with Crippen molar-refractivity contribution in [3.63, 3.8) is 0 Å². The van der Waals surface area contributed by atoms with Crippen LogP contribution in [0.2, 0.25) is 0 Å². The molecule has 1 unspecified atom stereocenters. The number of hydrogen-bond acceptors (Lipinski definition) is 2. The van der Waals surface area contributed by atoms with E-state index in [4.69, 9.17) is 0 Å². The van der Waals surface area contributed by atoms with Crippen LogP contribution in [0.1, 0.15) is 29.5 Å². The van der Waals surface area contributed by atoms with E-state index in [1.165, 1.54) is 61.6 Å². The first-order valence-electron chi connectivity index (χ1n) is 17.8. The average Bonchev–Trinajstić information content (AvgIpc) is 3.50. The second-order valence-corrected chi connectivity index (χ2v) is 13.4. The van der Waals surface area contributed by atoms with Gasteiger partial charge < -0.3 is 9.80 Å². The normalized spacial score (nSPS) is 16.6. The molecule has 0 fully saturated rings. The largest absolute Gasteiger partial charge is 0.310 e. The number of benzene rings is 6. The molecule has 7 aromatic rings. The number of para-hydroxylation sites is 3. The first-order chi connectivity index (χ1) is 25.3.